The Morgan fingerprint density at radius 1 is 0.455 bits per heavy atom. The summed E-state index contributed by atoms with van der Waals surface area (Å²) in [5.41, 5.74) is 0. The first-order chi connectivity index (χ1) is 40.8. The summed E-state index contributed by atoms with van der Waals surface area (Å²) < 4.78 is 168. The third kappa shape index (κ3) is 20.3. The molecule has 5 heterocycles. The van der Waals surface area contributed by atoms with Crippen LogP contribution in [0.15, 0.2) is 0 Å². The van der Waals surface area contributed by atoms with Gasteiger partial charge in [0.1, 0.15) is 140 Å². The highest BCUT2D eigenvalue weighted by molar-refractivity contribution is 7.81. The molecule has 5 rings (SSSR count). The molecule has 5 fully saturated rings. The lowest BCUT2D eigenvalue weighted by molar-refractivity contribution is -0.377. The summed E-state index contributed by atoms with van der Waals surface area (Å²) in [5, 5.41) is 170. The normalized spacial score (nSPS) is 40.0. The average molecular weight is 1360 g/mol. The quantitative estimate of drug-likeness (QED) is 0.0309. The molecule has 0 spiro atoms. The first-order valence-electron chi connectivity index (χ1n) is 26.0. The fraction of sp³-hybridized carbons (Fsp3) is 0.929. The molecule has 29 atom stereocenters. The molecule has 0 unspecified atom stereocenters. The third-order valence-electron chi connectivity index (χ3n) is 13.9. The first kappa shape index (κ1) is 75.7. The Hall–Kier alpha value is -2.98. The molecule has 5 aliphatic rings. The maximum atomic E-state index is 12.7. The van der Waals surface area contributed by atoms with Crippen LogP contribution in [0.4, 0.5) is 0 Å². The van der Waals surface area contributed by atoms with Crippen LogP contribution in [0, 0.1) is 0 Å². The summed E-state index contributed by atoms with van der Waals surface area (Å²) in [6, 6.07) is -5.76. The zero-order valence-corrected chi connectivity index (χ0v) is 48.4. The molecule has 88 heavy (non-hydrogen) atoms. The van der Waals surface area contributed by atoms with E-state index in [-0.39, 0.29) is 0 Å². The van der Waals surface area contributed by atoms with E-state index in [0.717, 1.165) is 20.8 Å². The lowest BCUT2D eigenvalue weighted by Crippen LogP contribution is -2.70. The molecule has 0 aromatic heterocycles. The Morgan fingerprint density at radius 3 is 1.30 bits per heavy atom. The van der Waals surface area contributed by atoms with E-state index < -0.39 is 273 Å². The molecule has 0 aromatic carbocycles. The molecule has 514 valence electrons. The summed E-state index contributed by atoms with van der Waals surface area (Å²) in [4.78, 5) is 37.4. The van der Waals surface area contributed by atoms with Gasteiger partial charge in [0.2, 0.25) is 17.7 Å². The Morgan fingerprint density at radius 2 is 0.841 bits per heavy atom. The van der Waals surface area contributed by atoms with Gasteiger partial charge >= 0.3 is 31.2 Å². The second-order valence-corrected chi connectivity index (χ2v) is 23.6. The van der Waals surface area contributed by atoms with Crippen molar-refractivity contribution in [2.45, 2.75) is 199 Å². The zero-order valence-electron chi connectivity index (χ0n) is 45.9. The summed E-state index contributed by atoms with van der Waals surface area (Å²) in [5.74, 6) is -2.91. The van der Waals surface area contributed by atoms with Crippen molar-refractivity contribution in [2.75, 3.05) is 46.2 Å². The van der Waals surface area contributed by atoms with Gasteiger partial charge in [-0.3, -0.25) is 28.0 Å². The standard InChI is InChI=1S/C42H73N3O40S3/c1-11(49)43-14(4-46)34(82-40-31(61)29(59)24(54)16(5-47)77-40)23(53)15(52)7-73-38-21(44-12(2)50)27(57)35(19(80-38)9-75-87(67,68)69)84-42-33(63)37(26(56)17(6-48)78-42)85-39-22(45-13(3)51)28(58)36(20(81-39)10-76-88(70,71)72)83-41-32(62)30(60)25(55)18(79-41)8-74-86(64,65)66/h14-42,46-48,52-63H,4-10H2,1-3H3,(H,43,49)(H,44,50)(H,45,51)(H,64,65,66)(H,67,68,69)(H,70,71,72)/t14-,15+,16+,17+,18+,19+,20+,21+,22+,23-,24-,25-,26-,27+,28+,29-,30-,31+,32+,33+,34+,35+,36+,37-,38+,39-,40-,41-,42-/m0/s1. The Bertz CT molecular complexity index is 2600. The van der Waals surface area contributed by atoms with Crippen molar-refractivity contribution in [3.05, 3.63) is 0 Å². The van der Waals surface area contributed by atoms with Crippen LogP contribution in [-0.2, 0) is 105 Å². The number of aliphatic hydroxyl groups excluding tert-OH is 15. The van der Waals surface area contributed by atoms with Crippen molar-refractivity contribution in [2.24, 2.45) is 0 Å². The molecular formula is C42H73N3O40S3. The van der Waals surface area contributed by atoms with Gasteiger partial charge in [-0.2, -0.15) is 25.3 Å². The Balaban J connectivity index is 1.44. The van der Waals surface area contributed by atoms with E-state index in [1.54, 1.807) is 0 Å². The number of carbonyl (C=O) groups excluding carboxylic acids is 3. The number of nitrogens with one attached hydrogen (secondary N) is 3. The number of rotatable bonds is 29. The van der Waals surface area contributed by atoms with E-state index in [4.69, 9.17) is 51.9 Å². The third-order valence-corrected chi connectivity index (χ3v) is 15.2. The van der Waals surface area contributed by atoms with Crippen LogP contribution in [0.3, 0.4) is 0 Å². The van der Waals surface area contributed by atoms with Gasteiger partial charge in [-0.25, -0.2) is 12.5 Å². The number of hydrogen-bond donors (Lipinski definition) is 21. The summed E-state index contributed by atoms with van der Waals surface area (Å²) >= 11 is 0. The van der Waals surface area contributed by atoms with E-state index in [1.165, 1.54) is 0 Å². The van der Waals surface area contributed by atoms with E-state index in [0.29, 0.717) is 0 Å². The molecule has 3 amide bonds. The first-order valence-corrected chi connectivity index (χ1v) is 30.1. The zero-order chi connectivity index (χ0) is 66.2. The van der Waals surface area contributed by atoms with Gasteiger partial charge in [0.05, 0.1) is 52.3 Å². The van der Waals surface area contributed by atoms with Crippen LogP contribution in [0.5, 0.6) is 0 Å². The maximum absolute atomic E-state index is 12.7. The molecule has 43 nitrogen and oxygen atoms in total. The number of hydrogen-bond acceptors (Lipinski definition) is 37. The molecule has 5 aliphatic heterocycles. The highest BCUT2D eigenvalue weighted by atomic mass is 32.3. The van der Waals surface area contributed by atoms with Gasteiger partial charge in [-0.1, -0.05) is 0 Å². The van der Waals surface area contributed by atoms with Crippen molar-refractivity contribution in [1.29, 1.82) is 0 Å². The van der Waals surface area contributed by atoms with Crippen LogP contribution in [0.25, 0.3) is 0 Å². The minimum atomic E-state index is -5.47. The van der Waals surface area contributed by atoms with Crippen molar-refractivity contribution < 1.29 is 190 Å². The number of amides is 3. The SMILES string of the molecule is CC(=O)N[C@H]1[C@H](O[C@H]2[C@@H](O)[C@@H](CO)O[C@@H](O[C@H]3[C@H](O)[C@@H](NC(C)=O)[C@H](OC[C@@H](O)[C@H](O)[C@H](O[C@@H]4O[C@H](CO)[C@H](O)[C@H](O)[C@H]4O)[C@H](CO)NC(C)=O)O[C@@H]3COS(=O)(=O)O)[C@@H]2O)O[C@H](COS(=O)(=O)O)[C@@H](O[C@@H]2O[C@H](COS(=O)(=O)O)[C@H](O)[C@H](O)[C@H]2O)[C@@H]1O. The Kier molecular flexibility index (Phi) is 27.7. The van der Waals surface area contributed by atoms with Gasteiger partial charge in [0.25, 0.3) is 0 Å². The molecular weight excluding hydrogens is 1280 g/mol. The second kappa shape index (κ2) is 32.2. The summed E-state index contributed by atoms with van der Waals surface area (Å²) in [6.07, 6.45) is -57.0. The fourth-order valence-corrected chi connectivity index (χ4v) is 10.6. The minimum absolute atomic E-state index is 0.850. The molecule has 21 N–H and O–H groups in total. The Labute approximate surface area is 498 Å². The molecule has 46 heteroatoms. The van der Waals surface area contributed by atoms with E-state index >= 15 is 0 Å². The van der Waals surface area contributed by atoms with Crippen LogP contribution >= 0.6 is 0 Å². The number of ether oxygens (including phenoxy) is 10. The van der Waals surface area contributed by atoms with Gasteiger partial charge < -0.3 is 140 Å². The maximum Gasteiger partial charge on any atom is 0.397 e. The monoisotopic (exact) mass is 1360 g/mol. The largest absolute Gasteiger partial charge is 0.397 e. The predicted octanol–water partition coefficient (Wildman–Crippen LogP) is -14.6. The molecule has 0 saturated carbocycles. The van der Waals surface area contributed by atoms with Crippen LogP contribution in [0.2, 0.25) is 0 Å². The van der Waals surface area contributed by atoms with Crippen molar-refractivity contribution >= 4 is 48.9 Å². The van der Waals surface area contributed by atoms with Crippen molar-refractivity contribution in [3.63, 3.8) is 0 Å². The van der Waals surface area contributed by atoms with Crippen LogP contribution in [-0.4, -0.2) is 357 Å². The topological polar surface area (TPSA) is 674 Å². The number of carbonyl (C=O) groups is 3. The lowest BCUT2D eigenvalue weighted by Gasteiger charge is -2.50. The fourth-order valence-electron chi connectivity index (χ4n) is 9.65. The van der Waals surface area contributed by atoms with Gasteiger partial charge in [-0.05, 0) is 0 Å². The van der Waals surface area contributed by atoms with Gasteiger partial charge in [-0.15, -0.1) is 0 Å². The van der Waals surface area contributed by atoms with E-state index in [1.807, 2.05) is 0 Å². The van der Waals surface area contributed by atoms with Crippen molar-refractivity contribution in [3.8, 4) is 0 Å². The second-order valence-electron chi connectivity index (χ2n) is 20.4. The van der Waals surface area contributed by atoms with Gasteiger partial charge in [0, 0.05) is 20.8 Å². The molecule has 5 saturated heterocycles. The highest BCUT2D eigenvalue weighted by Gasteiger charge is 2.57. The highest BCUT2D eigenvalue weighted by Crippen LogP contribution is 2.36. The van der Waals surface area contributed by atoms with Crippen molar-refractivity contribution in [1.82, 2.24) is 16.0 Å². The van der Waals surface area contributed by atoms with E-state index in [2.05, 4.69) is 28.5 Å². The van der Waals surface area contributed by atoms with Crippen LogP contribution < -0.4 is 16.0 Å². The summed E-state index contributed by atoms with van der Waals surface area (Å²) in [6.45, 7) is -5.86. The minimum Gasteiger partial charge on any atom is -0.394 e. The number of aliphatic hydroxyl groups is 15. The smallest absolute Gasteiger partial charge is 0.394 e. The predicted molar refractivity (Wildman–Crippen MR) is 267 cm³/mol. The van der Waals surface area contributed by atoms with E-state index in [9.17, 15) is 125 Å². The summed E-state index contributed by atoms with van der Waals surface area (Å²) in [7, 11) is -16.2. The molecule has 0 bridgehead atoms. The average Bonchev–Trinajstić information content (AvgIpc) is 2.22. The molecule has 0 aromatic rings. The van der Waals surface area contributed by atoms with Crippen LogP contribution in [0.1, 0.15) is 20.8 Å². The van der Waals surface area contributed by atoms with Gasteiger partial charge in [0.15, 0.2) is 31.5 Å². The molecule has 0 radical (unpaired) electrons. The lowest BCUT2D eigenvalue weighted by atomic mass is 9.94. The molecule has 0 aliphatic carbocycles.